The second kappa shape index (κ2) is 4.64. The van der Waals surface area contributed by atoms with Crippen LogP contribution in [-0.4, -0.2) is 18.4 Å². The van der Waals surface area contributed by atoms with Gasteiger partial charge in [0.05, 0.1) is 11.3 Å². The van der Waals surface area contributed by atoms with Crippen LogP contribution in [0.1, 0.15) is 39.5 Å². The van der Waals surface area contributed by atoms with Gasteiger partial charge in [0.1, 0.15) is 0 Å². The van der Waals surface area contributed by atoms with Gasteiger partial charge >= 0.3 is 0 Å². The van der Waals surface area contributed by atoms with E-state index in [4.69, 9.17) is 5.73 Å². The Labute approximate surface area is 90.6 Å². The van der Waals surface area contributed by atoms with Crippen LogP contribution in [0.25, 0.3) is 0 Å². The van der Waals surface area contributed by atoms with E-state index in [1.807, 2.05) is 13.8 Å². The minimum Gasteiger partial charge on any atom is -0.369 e. The van der Waals surface area contributed by atoms with Gasteiger partial charge in [0.25, 0.3) is 0 Å². The second-order valence-corrected chi connectivity index (χ2v) is 4.32. The number of hydrogen-bond donors (Lipinski definition) is 2. The fourth-order valence-corrected chi connectivity index (χ4v) is 2.18. The molecule has 1 aliphatic rings. The van der Waals surface area contributed by atoms with Crippen LogP contribution in [0.5, 0.6) is 0 Å². The molecule has 0 bridgehead atoms. The van der Waals surface area contributed by atoms with Crippen molar-refractivity contribution in [1.82, 2.24) is 5.32 Å². The Morgan fingerprint density at radius 1 is 1.40 bits per heavy atom. The molecule has 4 heteroatoms. The fraction of sp³-hybridized carbons (Fsp3) is 0.818. The number of amides is 2. The molecule has 1 saturated carbocycles. The van der Waals surface area contributed by atoms with Crippen molar-refractivity contribution in [3.05, 3.63) is 0 Å². The maximum Gasteiger partial charge on any atom is 0.227 e. The van der Waals surface area contributed by atoms with Gasteiger partial charge in [-0.3, -0.25) is 9.59 Å². The predicted molar refractivity (Wildman–Crippen MR) is 57.9 cm³/mol. The SMILES string of the molecule is CCCNC(=O)C1(CCC)CC1C(N)=O. The zero-order valence-electron chi connectivity index (χ0n) is 9.51. The quantitative estimate of drug-likeness (QED) is 0.683. The first-order chi connectivity index (χ1) is 7.08. The maximum absolute atomic E-state index is 11.9. The highest BCUT2D eigenvalue weighted by Crippen LogP contribution is 2.55. The Bertz CT molecular complexity index is 265. The number of rotatable bonds is 6. The van der Waals surface area contributed by atoms with Crippen molar-refractivity contribution >= 4 is 11.8 Å². The Morgan fingerprint density at radius 2 is 2.07 bits per heavy atom. The number of primary amides is 1. The molecule has 0 radical (unpaired) electrons. The number of carbonyl (C=O) groups is 2. The van der Waals surface area contributed by atoms with Gasteiger partial charge in [0.15, 0.2) is 0 Å². The zero-order chi connectivity index (χ0) is 11.5. The highest BCUT2D eigenvalue weighted by molar-refractivity contribution is 5.95. The summed E-state index contributed by atoms with van der Waals surface area (Å²) in [6, 6.07) is 0. The lowest BCUT2D eigenvalue weighted by atomic mass is 9.96. The molecule has 1 rings (SSSR count). The van der Waals surface area contributed by atoms with Crippen LogP contribution >= 0.6 is 0 Å². The highest BCUT2D eigenvalue weighted by atomic mass is 16.2. The third kappa shape index (κ3) is 2.30. The molecule has 2 unspecified atom stereocenters. The molecular formula is C11H20N2O2. The molecule has 0 heterocycles. The van der Waals surface area contributed by atoms with Gasteiger partial charge in [0.2, 0.25) is 11.8 Å². The molecule has 0 aromatic carbocycles. The van der Waals surface area contributed by atoms with Crippen LogP contribution < -0.4 is 11.1 Å². The molecule has 0 aromatic rings. The smallest absolute Gasteiger partial charge is 0.227 e. The molecule has 0 spiro atoms. The summed E-state index contributed by atoms with van der Waals surface area (Å²) < 4.78 is 0. The molecule has 2 amide bonds. The topological polar surface area (TPSA) is 72.2 Å². The molecule has 2 atom stereocenters. The minimum atomic E-state index is -0.476. The van der Waals surface area contributed by atoms with E-state index in [2.05, 4.69) is 5.32 Å². The summed E-state index contributed by atoms with van der Waals surface area (Å²) in [5.41, 5.74) is 4.77. The van der Waals surface area contributed by atoms with Crippen molar-refractivity contribution in [2.45, 2.75) is 39.5 Å². The summed E-state index contributed by atoms with van der Waals surface area (Å²) in [4.78, 5) is 22.9. The average Bonchev–Trinajstić information content (AvgIpc) is 2.91. The van der Waals surface area contributed by atoms with Crippen molar-refractivity contribution in [1.29, 1.82) is 0 Å². The molecule has 15 heavy (non-hydrogen) atoms. The van der Waals surface area contributed by atoms with E-state index in [1.165, 1.54) is 0 Å². The number of nitrogens with one attached hydrogen (secondary N) is 1. The molecule has 1 fully saturated rings. The van der Waals surface area contributed by atoms with Gasteiger partial charge in [-0.1, -0.05) is 20.3 Å². The Morgan fingerprint density at radius 3 is 2.47 bits per heavy atom. The third-order valence-corrected chi connectivity index (χ3v) is 3.10. The van der Waals surface area contributed by atoms with Crippen LogP contribution in [0.3, 0.4) is 0 Å². The summed E-state index contributed by atoms with van der Waals surface area (Å²) in [6.45, 7) is 4.70. The standard InChI is InChI=1S/C11H20N2O2/c1-3-5-11(7-8(11)9(12)14)10(15)13-6-4-2/h8H,3-7H2,1-2H3,(H2,12,14)(H,13,15). The van der Waals surface area contributed by atoms with Crippen molar-refractivity contribution in [3.8, 4) is 0 Å². The molecule has 0 aliphatic heterocycles. The summed E-state index contributed by atoms with van der Waals surface area (Å²) in [5.74, 6) is -0.570. The lowest BCUT2D eigenvalue weighted by Gasteiger charge is -2.15. The van der Waals surface area contributed by atoms with Gasteiger partial charge in [-0.05, 0) is 19.3 Å². The van der Waals surface area contributed by atoms with E-state index >= 15 is 0 Å². The van der Waals surface area contributed by atoms with Crippen LogP contribution in [0.4, 0.5) is 0 Å². The maximum atomic E-state index is 11.9. The third-order valence-electron chi connectivity index (χ3n) is 3.10. The average molecular weight is 212 g/mol. The van der Waals surface area contributed by atoms with Crippen molar-refractivity contribution in [2.75, 3.05) is 6.54 Å². The molecule has 1 aliphatic carbocycles. The van der Waals surface area contributed by atoms with Crippen LogP contribution in [0.2, 0.25) is 0 Å². The molecule has 0 aromatic heterocycles. The van der Waals surface area contributed by atoms with E-state index in [0.29, 0.717) is 13.0 Å². The summed E-state index contributed by atoms with van der Waals surface area (Å²) >= 11 is 0. The Kier molecular flexibility index (Phi) is 3.72. The molecular weight excluding hydrogens is 192 g/mol. The van der Waals surface area contributed by atoms with Crippen molar-refractivity contribution in [2.24, 2.45) is 17.1 Å². The van der Waals surface area contributed by atoms with Crippen LogP contribution in [-0.2, 0) is 9.59 Å². The lowest BCUT2D eigenvalue weighted by Crippen LogP contribution is -2.35. The first-order valence-corrected chi connectivity index (χ1v) is 5.66. The van der Waals surface area contributed by atoms with Gasteiger partial charge in [-0.15, -0.1) is 0 Å². The molecule has 86 valence electrons. The largest absolute Gasteiger partial charge is 0.369 e. The fourth-order valence-electron chi connectivity index (χ4n) is 2.18. The monoisotopic (exact) mass is 212 g/mol. The van der Waals surface area contributed by atoms with Gasteiger partial charge < -0.3 is 11.1 Å². The number of carbonyl (C=O) groups excluding carboxylic acids is 2. The van der Waals surface area contributed by atoms with Crippen LogP contribution in [0, 0.1) is 11.3 Å². The first-order valence-electron chi connectivity index (χ1n) is 5.66. The van der Waals surface area contributed by atoms with Crippen LogP contribution in [0.15, 0.2) is 0 Å². The Balaban J connectivity index is 2.60. The summed E-state index contributed by atoms with van der Waals surface area (Å²) in [6.07, 6.45) is 3.21. The highest BCUT2D eigenvalue weighted by Gasteiger charge is 2.61. The first kappa shape index (κ1) is 12.0. The predicted octanol–water partition coefficient (Wildman–Crippen LogP) is 0.804. The molecule has 3 N–H and O–H groups in total. The number of hydrogen-bond acceptors (Lipinski definition) is 2. The van der Waals surface area contributed by atoms with E-state index in [1.54, 1.807) is 0 Å². The minimum absolute atomic E-state index is 0.00926. The normalized spacial score (nSPS) is 28.5. The van der Waals surface area contributed by atoms with E-state index in [0.717, 1.165) is 19.3 Å². The van der Waals surface area contributed by atoms with E-state index in [-0.39, 0.29) is 17.7 Å². The Hall–Kier alpha value is -1.06. The lowest BCUT2D eigenvalue weighted by molar-refractivity contribution is -0.130. The van der Waals surface area contributed by atoms with Crippen molar-refractivity contribution < 1.29 is 9.59 Å². The van der Waals surface area contributed by atoms with Gasteiger partial charge in [-0.2, -0.15) is 0 Å². The number of nitrogens with two attached hydrogens (primary N) is 1. The van der Waals surface area contributed by atoms with Gasteiger partial charge in [-0.25, -0.2) is 0 Å². The van der Waals surface area contributed by atoms with Gasteiger partial charge in [0, 0.05) is 6.54 Å². The van der Waals surface area contributed by atoms with Crippen molar-refractivity contribution in [3.63, 3.8) is 0 Å². The molecule has 4 nitrogen and oxygen atoms in total. The summed E-state index contributed by atoms with van der Waals surface area (Å²) in [7, 11) is 0. The molecule has 0 saturated heterocycles. The summed E-state index contributed by atoms with van der Waals surface area (Å²) in [5, 5.41) is 2.86. The van der Waals surface area contributed by atoms with E-state index in [9.17, 15) is 9.59 Å². The van der Waals surface area contributed by atoms with E-state index < -0.39 is 5.41 Å². The zero-order valence-corrected chi connectivity index (χ0v) is 9.51. The second-order valence-electron chi connectivity index (χ2n) is 4.32.